The molecule has 3 nitrogen and oxygen atoms in total. The Morgan fingerprint density at radius 3 is 2.57 bits per heavy atom. The van der Waals surface area contributed by atoms with Crippen molar-refractivity contribution in [3.8, 4) is 0 Å². The smallest absolute Gasteiger partial charge is 0.418 e. The van der Waals surface area contributed by atoms with Gasteiger partial charge >= 0.3 is 6.18 Å². The minimum Gasteiger partial charge on any atom is -0.491 e. The normalized spacial score (nSPS) is 20.1. The van der Waals surface area contributed by atoms with Crippen molar-refractivity contribution < 1.29 is 23.0 Å². The van der Waals surface area contributed by atoms with Gasteiger partial charge in [-0.05, 0) is 18.6 Å². The van der Waals surface area contributed by atoms with Crippen LogP contribution in [0.1, 0.15) is 12.5 Å². The van der Waals surface area contributed by atoms with Crippen molar-refractivity contribution >= 4 is 0 Å². The fourth-order valence-corrected chi connectivity index (χ4v) is 1.89. The highest BCUT2D eigenvalue weighted by molar-refractivity contribution is 5.31. The van der Waals surface area contributed by atoms with Gasteiger partial charge in [-0.25, -0.2) is 0 Å². The van der Waals surface area contributed by atoms with Crippen molar-refractivity contribution in [2.24, 2.45) is 0 Å². The molecule has 0 amide bonds. The average molecular weight is 299 g/mol. The van der Waals surface area contributed by atoms with E-state index < -0.39 is 12.3 Å². The predicted octanol–water partition coefficient (Wildman–Crippen LogP) is 2.89. The summed E-state index contributed by atoms with van der Waals surface area (Å²) in [5, 5.41) is 12.0. The highest BCUT2D eigenvalue weighted by Crippen LogP contribution is 2.28. The van der Waals surface area contributed by atoms with Gasteiger partial charge in [0, 0.05) is 11.8 Å². The first-order valence-electron chi connectivity index (χ1n) is 6.47. The summed E-state index contributed by atoms with van der Waals surface area (Å²) < 4.78 is 43.1. The Morgan fingerprint density at radius 1 is 1.29 bits per heavy atom. The van der Waals surface area contributed by atoms with Crippen LogP contribution >= 0.6 is 0 Å². The lowest BCUT2D eigenvalue weighted by atomic mass is 10.0. The van der Waals surface area contributed by atoms with E-state index in [2.05, 4.69) is 5.32 Å². The van der Waals surface area contributed by atoms with Crippen LogP contribution in [0.4, 0.5) is 13.2 Å². The van der Waals surface area contributed by atoms with Crippen molar-refractivity contribution in [2.75, 3.05) is 0 Å². The van der Waals surface area contributed by atoms with Gasteiger partial charge in [-0.3, -0.25) is 0 Å². The Bertz CT molecular complexity index is 538. The third-order valence-electron chi connectivity index (χ3n) is 3.11. The number of alkyl halides is 3. The molecule has 0 saturated carbocycles. The molecule has 2 atom stereocenters. The summed E-state index contributed by atoms with van der Waals surface area (Å²) in [6.45, 7) is 2.03. The zero-order valence-electron chi connectivity index (χ0n) is 11.4. The Morgan fingerprint density at radius 2 is 1.95 bits per heavy atom. The molecule has 21 heavy (non-hydrogen) atoms. The Hall–Kier alpha value is -1.95. The van der Waals surface area contributed by atoms with Gasteiger partial charge in [0.2, 0.25) is 0 Å². The maximum atomic E-state index is 12.5. The van der Waals surface area contributed by atoms with Gasteiger partial charge in [0.15, 0.2) is 6.10 Å². The van der Waals surface area contributed by atoms with Crippen molar-refractivity contribution in [3.05, 3.63) is 59.5 Å². The molecule has 0 bridgehead atoms. The molecular formula is C15H16F3NO2. The number of aliphatic hydroxyl groups is 1. The topological polar surface area (TPSA) is 41.5 Å². The van der Waals surface area contributed by atoms with Crippen LogP contribution in [0.3, 0.4) is 0 Å². The number of aliphatic hydroxyl groups excluding tert-OH is 1. The van der Waals surface area contributed by atoms with Crippen LogP contribution in [0.15, 0.2) is 53.9 Å². The number of dihydropyridines is 1. The SMILES string of the molecule is CC1NC=C(C(O)C(F)(F)F)C=C1OCc1ccccc1. The Kier molecular flexibility index (Phi) is 4.57. The summed E-state index contributed by atoms with van der Waals surface area (Å²) in [4.78, 5) is 0. The highest BCUT2D eigenvalue weighted by Gasteiger charge is 2.41. The largest absolute Gasteiger partial charge is 0.491 e. The third kappa shape index (κ3) is 4.01. The van der Waals surface area contributed by atoms with Crippen molar-refractivity contribution in [2.45, 2.75) is 31.9 Å². The lowest BCUT2D eigenvalue weighted by Crippen LogP contribution is -2.35. The molecule has 0 fully saturated rings. The fourth-order valence-electron chi connectivity index (χ4n) is 1.89. The monoisotopic (exact) mass is 299 g/mol. The van der Waals surface area contributed by atoms with E-state index in [9.17, 15) is 18.3 Å². The number of hydrogen-bond donors (Lipinski definition) is 2. The third-order valence-corrected chi connectivity index (χ3v) is 3.11. The van der Waals surface area contributed by atoms with Crippen molar-refractivity contribution in [3.63, 3.8) is 0 Å². The summed E-state index contributed by atoms with van der Waals surface area (Å²) in [7, 11) is 0. The molecule has 1 aliphatic rings. The number of rotatable bonds is 4. The molecule has 0 spiro atoms. The van der Waals surface area contributed by atoms with Gasteiger partial charge < -0.3 is 15.2 Å². The number of hydrogen-bond acceptors (Lipinski definition) is 3. The number of nitrogens with one attached hydrogen (secondary N) is 1. The molecule has 2 N–H and O–H groups in total. The number of halogens is 3. The average Bonchev–Trinajstić information content (AvgIpc) is 2.46. The quantitative estimate of drug-likeness (QED) is 0.898. The van der Waals surface area contributed by atoms with E-state index in [1.54, 1.807) is 6.92 Å². The molecule has 0 aliphatic carbocycles. The zero-order chi connectivity index (χ0) is 15.5. The van der Waals surface area contributed by atoms with Gasteiger partial charge in [-0.15, -0.1) is 0 Å². The van der Waals surface area contributed by atoms with Crippen LogP contribution in [-0.2, 0) is 11.3 Å². The molecule has 1 aromatic carbocycles. The van der Waals surface area contributed by atoms with Gasteiger partial charge in [0.05, 0.1) is 6.04 Å². The molecular weight excluding hydrogens is 283 g/mol. The molecule has 114 valence electrons. The predicted molar refractivity (Wildman–Crippen MR) is 72.1 cm³/mol. The molecule has 0 saturated heterocycles. The van der Waals surface area contributed by atoms with E-state index in [1.165, 1.54) is 6.08 Å². The molecule has 1 heterocycles. The number of ether oxygens (including phenoxy) is 1. The van der Waals surface area contributed by atoms with Gasteiger partial charge in [-0.1, -0.05) is 30.3 Å². The van der Waals surface area contributed by atoms with Crippen molar-refractivity contribution in [1.29, 1.82) is 0 Å². The summed E-state index contributed by atoms with van der Waals surface area (Å²) in [6, 6.07) is 9.06. The number of benzene rings is 1. The van der Waals surface area contributed by atoms with E-state index >= 15 is 0 Å². The molecule has 0 radical (unpaired) electrons. The molecule has 1 aromatic rings. The maximum absolute atomic E-state index is 12.5. The first-order chi connectivity index (χ1) is 9.88. The highest BCUT2D eigenvalue weighted by atomic mass is 19.4. The van der Waals surface area contributed by atoms with E-state index in [4.69, 9.17) is 4.74 Å². The molecule has 0 aromatic heterocycles. The first kappa shape index (κ1) is 15.4. The summed E-state index contributed by atoms with van der Waals surface area (Å²) >= 11 is 0. The van der Waals surface area contributed by atoms with Crippen LogP contribution < -0.4 is 5.32 Å². The van der Waals surface area contributed by atoms with Crippen LogP contribution in [0.5, 0.6) is 0 Å². The fraction of sp³-hybridized carbons (Fsp3) is 0.333. The van der Waals surface area contributed by atoms with E-state index in [0.717, 1.165) is 11.8 Å². The minimum atomic E-state index is -4.70. The zero-order valence-corrected chi connectivity index (χ0v) is 11.4. The summed E-state index contributed by atoms with van der Waals surface area (Å²) in [6.07, 6.45) is -4.82. The van der Waals surface area contributed by atoms with Gasteiger partial charge in [0.1, 0.15) is 12.4 Å². The minimum absolute atomic E-state index is 0.252. The molecule has 2 unspecified atom stereocenters. The molecule has 2 rings (SSSR count). The van der Waals surface area contributed by atoms with Crippen LogP contribution in [-0.4, -0.2) is 23.4 Å². The van der Waals surface area contributed by atoms with Crippen molar-refractivity contribution in [1.82, 2.24) is 5.32 Å². The molecule has 1 aliphatic heterocycles. The first-order valence-corrected chi connectivity index (χ1v) is 6.47. The van der Waals surface area contributed by atoms with Crippen LogP contribution in [0.25, 0.3) is 0 Å². The van der Waals surface area contributed by atoms with Gasteiger partial charge in [0.25, 0.3) is 0 Å². The Labute approximate surface area is 120 Å². The van der Waals surface area contributed by atoms with E-state index in [1.807, 2.05) is 30.3 Å². The molecule has 6 heteroatoms. The second-order valence-corrected chi connectivity index (χ2v) is 4.80. The van der Waals surface area contributed by atoms with Crippen LogP contribution in [0.2, 0.25) is 0 Å². The lowest BCUT2D eigenvalue weighted by Gasteiger charge is -2.25. The van der Waals surface area contributed by atoms with Gasteiger partial charge in [-0.2, -0.15) is 13.2 Å². The second kappa shape index (κ2) is 6.22. The maximum Gasteiger partial charge on any atom is 0.418 e. The van der Waals surface area contributed by atoms with Crippen LogP contribution in [0, 0.1) is 0 Å². The summed E-state index contributed by atoms with van der Waals surface area (Å²) in [5.74, 6) is 0.361. The standard InChI is InChI=1S/C15H16F3NO2/c1-10-13(21-9-11-5-3-2-4-6-11)7-12(8-19-10)14(20)15(16,17)18/h2-8,10,14,19-20H,9H2,1H3. The second-order valence-electron chi connectivity index (χ2n) is 4.80. The van der Waals surface area contributed by atoms with E-state index in [0.29, 0.717) is 5.76 Å². The lowest BCUT2D eigenvalue weighted by molar-refractivity contribution is -0.190. The Balaban J connectivity index is 2.07. The van der Waals surface area contributed by atoms with E-state index in [-0.39, 0.29) is 18.2 Å². The summed E-state index contributed by atoms with van der Waals surface area (Å²) in [5.41, 5.74) is 0.654.